The molecule has 2 aromatic heterocycles. The first-order chi connectivity index (χ1) is 11.8. The summed E-state index contributed by atoms with van der Waals surface area (Å²) >= 11 is 1.43. The van der Waals surface area contributed by atoms with Crippen molar-refractivity contribution in [2.45, 2.75) is 12.8 Å². The molecule has 2 heterocycles. The van der Waals surface area contributed by atoms with Gasteiger partial charge in [-0.2, -0.15) is 29.5 Å². The number of hydrogen-bond acceptors (Lipinski definition) is 7. The van der Waals surface area contributed by atoms with E-state index in [1.54, 1.807) is 11.4 Å². The Morgan fingerprint density at radius 1 is 1.32 bits per heavy atom. The lowest BCUT2D eigenvalue weighted by molar-refractivity contribution is -0.385. The average Bonchev–Trinajstić information content (AvgIpc) is 3.23. The molecule has 0 saturated carbocycles. The second kappa shape index (κ2) is 6.51. The number of rotatable bonds is 5. The number of ether oxygens (including phenoxy) is 1. The number of nitro groups is 1. The van der Waals surface area contributed by atoms with Gasteiger partial charge in [-0.05, 0) is 17.5 Å². The second-order valence-electron chi connectivity index (χ2n) is 4.75. The monoisotopic (exact) mass is 371 g/mol. The van der Waals surface area contributed by atoms with Gasteiger partial charge in [0.05, 0.1) is 4.92 Å². The summed E-state index contributed by atoms with van der Waals surface area (Å²) < 4.78 is 49.2. The SMILES string of the molecule is O=[N+]([O-])c1ccc(OCc2nc(-c3ccsc3)no2)c(C(F)(F)F)c1. The minimum atomic E-state index is -4.81. The van der Waals surface area contributed by atoms with Crippen LogP contribution in [0, 0.1) is 10.1 Å². The third-order valence-electron chi connectivity index (χ3n) is 3.08. The van der Waals surface area contributed by atoms with Crippen LogP contribution in [-0.4, -0.2) is 15.1 Å². The highest BCUT2D eigenvalue weighted by molar-refractivity contribution is 7.08. The Morgan fingerprint density at radius 3 is 2.76 bits per heavy atom. The van der Waals surface area contributed by atoms with Crippen LogP contribution < -0.4 is 4.74 Å². The maximum absolute atomic E-state index is 13.1. The van der Waals surface area contributed by atoms with Gasteiger partial charge in [0.2, 0.25) is 5.82 Å². The zero-order valence-corrected chi connectivity index (χ0v) is 13.0. The molecule has 0 N–H and O–H groups in total. The molecule has 0 aliphatic carbocycles. The topological polar surface area (TPSA) is 91.3 Å². The number of nitro benzene ring substituents is 1. The fraction of sp³-hybridized carbons (Fsp3) is 0.143. The van der Waals surface area contributed by atoms with Crippen molar-refractivity contribution in [1.29, 1.82) is 0 Å². The van der Waals surface area contributed by atoms with Crippen molar-refractivity contribution in [3.05, 3.63) is 56.6 Å². The summed E-state index contributed by atoms with van der Waals surface area (Å²) in [5.74, 6) is -0.291. The minimum Gasteiger partial charge on any atom is -0.483 e. The molecule has 0 spiro atoms. The van der Waals surface area contributed by atoms with Crippen LogP contribution in [0.5, 0.6) is 5.75 Å². The van der Waals surface area contributed by atoms with Gasteiger partial charge in [0, 0.05) is 23.1 Å². The van der Waals surface area contributed by atoms with Gasteiger partial charge in [-0.1, -0.05) is 5.16 Å². The zero-order chi connectivity index (χ0) is 18.0. The van der Waals surface area contributed by atoms with Crippen molar-refractivity contribution in [1.82, 2.24) is 10.1 Å². The van der Waals surface area contributed by atoms with Crippen molar-refractivity contribution in [2.24, 2.45) is 0 Å². The van der Waals surface area contributed by atoms with Gasteiger partial charge >= 0.3 is 6.18 Å². The Labute approximate surface area is 141 Å². The molecule has 3 aromatic rings. The Hall–Kier alpha value is -2.95. The van der Waals surface area contributed by atoms with Gasteiger partial charge in [-0.3, -0.25) is 10.1 Å². The third-order valence-corrected chi connectivity index (χ3v) is 3.76. The average molecular weight is 371 g/mol. The van der Waals surface area contributed by atoms with E-state index in [1.165, 1.54) is 11.3 Å². The number of halogens is 3. The molecule has 0 unspecified atom stereocenters. The van der Waals surface area contributed by atoms with Crippen molar-refractivity contribution in [2.75, 3.05) is 0 Å². The van der Waals surface area contributed by atoms with Crippen molar-refractivity contribution >= 4 is 17.0 Å². The highest BCUT2D eigenvalue weighted by Crippen LogP contribution is 2.38. The lowest BCUT2D eigenvalue weighted by Crippen LogP contribution is -2.09. The zero-order valence-electron chi connectivity index (χ0n) is 12.2. The predicted octanol–water partition coefficient (Wildman–Crippen LogP) is 4.30. The number of alkyl halides is 3. The molecule has 0 fully saturated rings. The van der Waals surface area contributed by atoms with E-state index in [1.807, 2.05) is 5.38 Å². The summed E-state index contributed by atoms with van der Waals surface area (Å²) in [5, 5.41) is 18.0. The van der Waals surface area contributed by atoms with Crippen LogP contribution in [0.15, 0.2) is 39.5 Å². The molecule has 0 saturated heterocycles. The molecule has 25 heavy (non-hydrogen) atoms. The number of aromatic nitrogens is 2. The van der Waals surface area contributed by atoms with Crippen LogP contribution in [0.3, 0.4) is 0 Å². The number of nitrogens with zero attached hydrogens (tertiary/aromatic N) is 3. The van der Waals surface area contributed by atoms with Crippen LogP contribution >= 0.6 is 11.3 Å². The molecule has 0 aliphatic heterocycles. The lowest BCUT2D eigenvalue weighted by Gasteiger charge is -2.12. The first kappa shape index (κ1) is 16.9. The highest BCUT2D eigenvalue weighted by Gasteiger charge is 2.36. The molecule has 130 valence electrons. The fourth-order valence-corrected chi connectivity index (χ4v) is 2.58. The molecule has 0 atom stereocenters. The standard InChI is InChI=1S/C14H8F3N3O4S/c15-14(16,17)10-5-9(20(21)22)1-2-11(10)23-6-12-18-13(19-24-12)8-3-4-25-7-8/h1-5,7H,6H2. The maximum atomic E-state index is 13.1. The van der Waals surface area contributed by atoms with E-state index >= 15 is 0 Å². The maximum Gasteiger partial charge on any atom is 0.420 e. The number of thiophene rings is 1. The molecule has 11 heteroatoms. The van der Waals surface area contributed by atoms with Crippen LogP contribution in [0.1, 0.15) is 11.5 Å². The molecule has 0 amide bonds. The number of non-ortho nitro benzene ring substituents is 1. The van der Waals surface area contributed by atoms with E-state index in [0.29, 0.717) is 17.5 Å². The van der Waals surface area contributed by atoms with Gasteiger partial charge in [0.15, 0.2) is 6.61 Å². The van der Waals surface area contributed by atoms with Crippen molar-refractivity contribution in [3.8, 4) is 17.1 Å². The quantitative estimate of drug-likeness (QED) is 0.490. The van der Waals surface area contributed by atoms with Gasteiger partial charge in [0.1, 0.15) is 11.3 Å². The van der Waals surface area contributed by atoms with Crippen molar-refractivity contribution in [3.63, 3.8) is 0 Å². The summed E-state index contributed by atoms with van der Waals surface area (Å²) in [4.78, 5) is 13.8. The smallest absolute Gasteiger partial charge is 0.420 e. The number of benzene rings is 1. The van der Waals surface area contributed by atoms with E-state index in [0.717, 1.165) is 12.1 Å². The molecule has 0 bridgehead atoms. The largest absolute Gasteiger partial charge is 0.483 e. The van der Waals surface area contributed by atoms with E-state index in [4.69, 9.17) is 9.26 Å². The van der Waals surface area contributed by atoms with Crippen LogP contribution in [-0.2, 0) is 12.8 Å². The Morgan fingerprint density at radius 2 is 2.12 bits per heavy atom. The van der Waals surface area contributed by atoms with Crippen molar-refractivity contribution < 1.29 is 27.4 Å². The van der Waals surface area contributed by atoms with Crippen LogP contribution in [0.25, 0.3) is 11.4 Å². The first-order valence-electron chi connectivity index (χ1n) is 6.68. The normalized spacial score (nSPS) is 11.5. The molecule has 7 nitrogen and oxygen atoms in total. The van der Waals surface area contributed by atoms with E-state index in [2.05, 4.69) is 10.1 Å². The Bertz CT molecular complexity index is 893. The predicted molar refractivity (Wildman–Crippen MR) is 80.0 cm³/mol. The van der Waals surface area contributed by atoms with E-state index in [9.17, 15) is 23.3 Å². The molecule has 3 rings (SSSR count). The fourth-order valence-electron chi connectivity index (χ4n) is 1.94. The summed E-state index contributed by atoms with van der Waals surface area (Å²) in [6.45, 7) is -0.405. The summed E-state index contributed by atoms with van der Waals surface area (Å²) in [6.07, 6.45) is -4.81. The van der Waals surface area contributed by atoms with Gasteiger partial charge < -0.3 is 9.26 Å². The molecule has 1 aromatic carbocycles. The molecular formula is C14H8F3N3O4S. The van der Waals surface area contributed by atoms with Crippen LogP contribution in [0.2, 0.25) is 0 Å². The first-order valence-corrected chi connectivity index (χ1v) is 7.62. The summed E-state index contributed by atoms with van der Waals surface area (Å²) in [6, 6.07) is 3.99. The lowest BCUT2D eigenvalue weighted by atomic mass is 10.1. The van der Waals surface area contributed by atoms with Gasteiger partial charge in [-0.25, -0.2) is 0 Å². The summed E-state index contributed by atoms with van der Waals surface area (Å²) in [5.41, 5.74) is -1.22. The highest BCUT2D eigenvalue weighted by atomic mass is 32.1. The molecule has 0 radical (unpaired) electrons. The van der Waals surface area contributed by atoms with Gasteiger partial charge in [0.25, 0.3) is 11.6 Å². The molecular weight excluding hydrogens is 363 g/mol. The minimum absolute atomic E-state index is 0.0207. The Balaban J connectivity index is 1.80. The van der Waals surface area contributed by atoms with Crippen LogP contribution in [0.4, 0.5) is 18.9 Å². The van der Waals surface area contributed by atoms with E-state index in [-0.39, 0.29) is 5.89 Å². The third kappa shape index (κ3) is 3.76. The van der Waals surface area contributed by atoms with E-state index < -0.39 is 34.7 Å². The molecule has 0 aliphatic rings. The Kier molecular flexibility index (Phi) is 4.40. The van der Waals surface area contributed by atoms with Gasteiger partial charge in [-0.15, -0.1) is 0 Å². The number of hydrogen-bond donors (Lipinski definition) is 0. The summed E-state index contributed by atoms with van der Waals surface area (Å²) in [7, 11) is 0. The second-order valence-corrected chi connectivity index (χ2v) is 5.53.